The minimum atomic E-state index is 0.105. The fourth-order valence-corrected chi connectivity index (χ4v) is 4.03. The maximum atomic E-state index is 12.2. The third-order valence-corrected chi connectivity index (χ3v) is 5.39. The van der Waals surface area contributed by atoms with Crippen LogP contribution in [0.1, 0.15) is 37.7 Å². The van der Waals surface area contributed by atoms with E-state index in [0.29, 0.717) is 11.3 Å². The lowest BCUT2D eigenvalue weighted by Gasteiger charge is -2.42. The van der Waals surface area contributed by atoms with Gasteiger partial charge in [0.25, 0.3) is 0 Å². The summed E-state index contributed by atoms with van der Waals surface area (Å²) >= 11 is 0. The second-order valence-corrected chi connectivity index (χ2v) is 6.38. The highest BCUT2D eigenvalue weighted by Crippen LogP contribution is 2.50. The first-order chi connectivity index (χ1) is 10.2. The van der Waals surface area contributed by atoms with Crippen LogP contribution in [0.3, 0.4) is 0 Å². The molecule has 5 nitrogen and oxygen atoms in total. The van der Waals surface area contributed by atoms with Crippen molar-refractivity contribution in [2.45, 2.75) is 32.1 Å². The zero-order valence-corrected chi connectivity index (χ0v) is 12.4. The SMILES string of the molecule is NCC1CCCC12CCN(C(=O)/C=C/c1cn[nH]c1)CC2. The Hall–Kier alpha value is -1.62. The number of hydrogen-bond acceptors (Lipinski definition) is 3. The third-order valence-electron chi connectivity index (χ3n) is 5.39. The highest BCUT2D eigenvalue weighted by Gasteiger charge is 2.44. The summed E-state index contributed by atoms with van der Waals surface area (Å²) in [5.74, 6) is 0.768. The summed E-state index contributed by atoms with van der Waals surface area (Å²) in [4.78, 5) is 14.2. The molecule has 1 aromatic heterocycles. The Morgan fingerprint density at radius 3 is 2.95 bits per heavy atom. The summed E-state index contributed by atoms with van der Waals surface area (Å²) < 4.78 is 0. The topological polar surface area (TPSA) is 75.0 Å². The van der Waals surface area contributed by atoms with Crippen molar-refractivity contribution in [2.24, 2.45) is 17.1 Å². The molecule has 1 aliphatic carbocycles. The molecule has 3 rings (SSSR count). The average molecular weight is 288 g/mol. The van der Waals surface area contributed by atoms with E-state index in [1.54, 1.807) is 18.5 Å². The number of carbonyl (C=O) groups excluding carboxylic acids is 1. The standard InChI is InChI=1S/C16H24N4O/c17-10-14-2-1-5-16(14)6-8-20(9-7-16)15(21)4-3-13-11-18-19-12-13/h3-4,11-12,14H,1-2,5-10,17H2,(H,18,19)/b4-3+. The van der Waals surface area contributed by atoms with Crippen molar-refractivity contribution < 1.29 is 4.79 Å². The maximum Gasteiger partial charge on any atom is 0.246 e. The van der Waals surface area contributed by atoms with E-state index in [4.69, 9.17) is 5.73 Å². The maximum absolute atomic E-state index is 12.2. The van der Waals surface area contributed by atoms with Crippen LogP contribution in [0.25, 0.3) is 6.08 Å². The number of aromatic amines is 1. The number of nitrogens with two attached hydrogens (primary N) is 1. The molecule has 1 aromatic rings. The summed E-state index contributed by atoms with van der Waals surface area (Å²) in [7, 11) is 0. The van der Waals surface area contributed by atoms with Gasteiger partial charge in [0.15, 0.2) is 0 Å². The summed E-state index contributed by atoms with van der Waals surface area (Å²) in [5, 5.41) is 6.60. The molecule has 114 valence electrons. The molecule has 1 aliphatic heterocycles. The van der Waals surface area contributed by atoms with E-state index in [0.717, 1.165) is 38.0 Å². The van der Waals surface area contributed by atoms with Gasteiger partial charge in [-0.2, -0.15) is 5.10 Å². The third kappa shape index (κ3) is 2.88. The number of carbonyl (C=O) groups is 1. The molecule has 2 heterocycles. The molecule has 0 bridgehead atoms. The molecule has 2 fully saturated rings. The highest BCUT2D eigenvalue weighted by atomic mass is 16.2. The van der Waals surface area contributed by atoms with E-state index in [1.165, 1.54) is 19.3 Å². The number of piperidine rings is 1. The minimum Gasteiger partial charge on any atom is -0.339 e. The van der Waals surface area contributed by atoms with Crippen LogP contribution in [-0.4, -0.2) is 40.6 Å². The fourth-order valence-electron chi connectivity index (χ4n) is 4.03. The van der Waals surface area contributed by atoms with E-state index in [-0.39, 0.29) is 5.91 Å². The van der Waals surface area contributed by atoms with Crippen LogP contribution in [0, 0.1) is 11.3 Å². The Bertz CT molecular complexity index is 500. The van der Waals surface area contributed by atoms with Gasteiger partial charge in [-0.25, -0.2) is 0 Å². The van der Waals surface area contributed by atoms with Crippen molar-refractivity contribution in [1.82, 2.24) is 15.1 Å². The lowest BCUT2D eigenvalue weighted by molar-refractivity contribution is -0.128. The quantitative estimate of drug-likeness (QED) is 0.833. The van der Waals surface area contributed by atoms with E-state index >= 15 is 0 Å². The lowest BCUT2D eigenvalue weighted by atomic mass is 9.70. The Balaban J connectivity index is 1.57. The first kappa shape index (κ1) is 14.3. The van der Waals surface area contributed by atoms with Crippen molar-refractivity contribution in [3.8, 4) is 0 Å². The van der Waals surface area contributed by atoms with Gasteiger partial charge < -0.3 is 10.6 Å². The Morgan fingerprint density at radius 1 is 1.48 bits per heavy atom. The first-order valence-corrected chi connectivity index (χ1v) is 7.89. The molecule has 1 amide bonds. The molecule has 5 heteroatoms. The van der Waals surface area contributed by atoms with Crippen LogP contribution in [0.5, 0.6) is 0 Å². The molecule has 1 atom stereocenters. The monoisotopic (exact) mass is 288 g/mol. The van der Waals surface area contributed by atoms with E-state index in [9.17, 15) is 4.79 Å². The van der Waals surface area contributed by atoms with Crippen molar-refractivity contribution in [3.05, 3.63) is 24.0 Å². The van der Waals surface area contributed by atoms with Gasteiger partial charge in [0, 0.05) is 30.9 Å². The zero-order valence-electron chi connectivity index (χ0n) is 12.4. The van der Waals surface area contributed by atoms with Gasteiger partial charge >= 0.3 is 0 Å². The summed E-state index contributed by atoms with van der Waals surface area (Å²) in [6, 6.07) is 0. The second kappa shape index (κ2) is 6.02. The number of H-pyrrole nitrogens is 1. The number of likely N-dealkylation sites (tertiary alicyclic amines) is 1. The highest BCUT2D eigenvalue weighted by molar-refractivity contribution is 5.91. The fraction of sp³-hybridized carbons (Fsp3) is 0.625. The van der Waals surface area contributed by atoms with Gasteiger partial charge in [-0.15, -0.1) is 0 Å². The molecule has 3 N–H and O–H groups in total. The zero-order chi connectivity index (χ0) is 14.7. The van der Waals surface area contributed by atoms with Crippen molar-refractivity contribution in [2.75, 3.05) is 19.6 Å². The van der Waals surface area contributed by atoms with Crippen molar-refractivity contribution in [1.29, 1.82) is 0 Å². The number of rotatable bonds is 3. The molecule has 1 spiro atoms. The number of nitrogens with one attached hydrogen (secondary N) is 1. The van der Waals surface area contributed by atoms with E-state index < -0.39 is 0 Å². The van der Waals surface area contributed by atoms with Gasteiger partial charge in [0.2, 0.25) is 5.91 Å². The van der Waals surface area contributed by atoms with Crippen LogP contribution < -0.4 is 5.73 Å². The molecule has 0 aromatic carbocycles. The molecular weight excluding hydrogens is 264 g/mol. The minimum absolute atomic E-state index is 0.105. The second-order valence-electron chi connectivity index (χ2n) is 6.38. The Labute approximate surface area is 125 Å². The van der Waals surface area contributed by atoms with Gasteiger partial charge in [0.1, 0.15) is 0 Å². The number of hydrogen-bond donors (Lipinski definition) is 2. The molecular formula is C16H24N4O. The predicted molar refractivity (Wildman–Crippen MR) is 82.3 cm³/mol. The van der Waals surface area contributed by atoms with Crippen LogP contribution in [0.4, 0.5) is 0 Å². The lowest BCUT2D eigenvalue weighted by Crippen LogP contribution is -2.45. The summed E-state index contributed by atoms with van der Waals surface area (Å²) in [6.45, 7) is 2.53. The molecule has 1 unspecified atom stereocenters. The molecule has 1 saturated heterocycles. The number of amides is 1. The van der Waals surface area contributed by atoms with Gasteiger partial charge in [-0.05, 0) is 49.6 Å². The summed E-state index contributed by atoms with van der Waals surface area (Å²) in [6.07, 6.45) is 13.0. The summed E-state index contributed by atoms with van der Waals surface area (Å²) in [5.41, 5.74) is 7.28. The van der Waals surface area contributed by atoms with Crippen LogP contribution in [0.2, 0.25) is 0 Å². The van der Waals surface area contributed by atoms with Gasteiger partial charge in [-0.3, -0.25) is 9.89 Å². The van der Waals surface area contributed by atoms with Crippen molar-refractivity contribution >= 4 is 12.0 Å². The van der Waals surface area contributed by atoms with Crippen LogP contribution in [0.15, 0.2) is 18.5 Å². The van der Waals surface area contributed by atoms with Crippen molar-refractivity contribution in [3.63, 3.8) is 0 Å². The van der Waals surface area contributed by atoms with E-state index in [1.807, 2.05) is 11.0 Å². The van der Waals surface area contributed by atoms with Gasteiger partial charge in [0.05, 0.1) is 6.20 Å². The molecule has 2 aliphatic rings. The molecule has 1 saturated carbocycles. The molecule has 0 radical (unpaired) electrons. The predicted octanol–water partition coefficient (Wildman–Crippen LogP) is 1.79. The molecule has 21 heavy (non-hydrogen) atoms. The normalized spacial score (nSPS) is 25.0. The van der Waals surface area contributed by atoms with Crippen LogP contribution in [-0.2, 0) is 4.79 Å². The Kier molecular flexibility index (Phi) is 4.10. The van der Waals surface area contributed by atoms with Gasteiger partial charge in [-0.1, -0.05) is 6.42 Å². The van der Waals surface area contributed by atoms with Crippen LogP contribution >= 0.6 is 0 Å². The average Bonchev–Trinajstić information content (AvgIpc) is 3.15. The number of aromatic nitrogens is 2. The largest absolute Gasteiger partial charge is 0.339 e. The van der Waals surface area contributed by atoms with E-state index in [2.05, 4.69) is 10.2 Å². The first-order valence-electron chi connectivity index (χ1n) is 7.89. The number of nitrogens with zero attached hydrogens (tertiary/aromatic N) is 2. The smallest absolute Gasteiger partial charge is 0.246 e. The Morgan fingerprint density at radius 2 is 2.29 bits per heavy atom.